The summed E-state index contributed by atoms with van der Waals surface area (Å²) in [5.74, 6) is 0.735. The fraction of sp³-hybridized carbons (Fsp3) is 0.545. The zero-order valence-corrected chi connectivity index (χ0v) is 18.2. The quantitative estimate of drug-likeness (QED) is 0.686. The first-order valence-electron chi connectivity index (χ1n) is 10.7. The van der Waals surface area contributed by atoms with Gasteiger partial charge in [0.25, 0.3) is 0 Å². The summed E-state index contributed by atoms with van der Waals surface area (Å²) in [5, 5.41) is 17.5. The maximum atomic E-state index is 12.3. The number of fused-ring (bicyclic) bond motifs is 1. The van der Waals surface area contributed by atoms with Crippen molar-refractivity contribution in [2.45, 2.75) is 77.0 Å². The molecular weight excluding hydrogens is 378 g/mol. The highest BCUT2D eigenvalue weighted by Gasteiger charge is 2.32. The number of hydrogen-bond donors (Lipinski definition) is 2. The van der Waals surface area contributed by atoms with E-state index in [2.05, 4.69) is 47.7 Å². The van der Waals surface area contributed by atoms with E-state index in [-0.39, 0.29) is 23.5 Å². The van der Waals surface area contributed by atoms with Crippen LogP contribution in [0, 0.1) is 0 Å². The van der Waals surface area contributed by atoms with Crippen molar-refractivity contribution in [2.75, 3.05) is 0 Å². The van der Waals surface area contributed by atoms with Crippen LogP contribution >= 0.6 is 0 Å². The monoisotopic (exact) mass is 409 g/mol. The van der Waals surface area contributed by atoms with Crippen LogP contribution in [0.5, 0.6) is 0 Å². The number of nitrogens with two attached hydrogens (primary N) is 1. The Kier molecular flexibility index (Phi) is 5.46. The van der Waals surface area contributed by atoms with E-state index in [1.165, 1.54) is 0 Å². The molecule has 3 aromatic rings. The Morgan fingerprint density at radius 2 is 1.90 bits per heavy atom. The van der Waals surface area contributed by atoms with E-state index in [9.17, 15) is 4.79 Å². The Bertz CT molecular complexity index is 1040. The molecule has 8 nitrogen and oxygen atoms in total. The van der Waals surface area contributed by atoms with Crippen molar-refractivity contribution in [1.29, 1.82) is 0 Å². The van der Waals surface area contributed by atoms with Gasteiger partial charge < -0.3 is 11.1 Å². The predicted molar refractivity (Wildman–Crippen MR) is 116 cm³/mol. The number of carbonyl (C=O) groups is 1. The lowest BCUT2D eigenvalue weighted by atomic mass is 9.90. The largest absolute Gasteiger partial charge is 0.328 e. The molecule has 0 bridgehead atoms. The summed E-state index contributed by atoms with van der Waals surface area (Å²) in [7, 11) is 0. The first kappa shape index (κ1) is 20.7. The molecule has 2 aromatic heterocycles. The van der Waals surface area contributed by atoms with E-state index in [0.29, 0.717) is 6.04 Å². The molecule has 1 atom stereocenters. The van der Waals surface area contributed by atoms with Gasteiger partial charge in [-0.05, 0) is 62.9 Å². The average Bonchev–Trinajstić information content (AvgIpc) is 3.33. The van der Waals surface area contributed by atoms with Gasteiger partial charge in [0, 0.05) is 36.2 Å². The highest BCUT2D eigenvalue weighted by molar-refractivity contribution is 5.94. The summed E-state index contributed by atoms with van der Waals surface area (Å²) in [6.07, 6.45) is 5.97. The predicted octanol–water partition coefficient (Wildman–Crippen LogP) is 2.99. The lowest BCUT2D eigenvalue weighted by molar-refractivity contribution is 0.0941. The van der Waals surface area contributed by atoms with Crippen molar-refractivity contribution in [1.82, 2.24) is 30.1 Å². The lowest BCUT2D eigenvalue weighted by Crippen LogP contribution is -2.41. The van der Waals surface area contributed by atoms with E-state index in [4.69, 9.17) is 5.73 Å². The third-order valence-corrected chi connectivity index (χ3v) is 5.95. The smallest absolute Gasteiger partial charge is 0.227 e. The molecule has 0 saturated heterocycles. The Labute approximate surface area is 176 Å². The van der Waals surface area contributed by atoms with Crippen LogP contribution in [0.4, 0.5) is 0 Å². The fourth-order valence-corrected chi connectivity index (χ4v) is 4.37. The lowest BCUT2D eigenvalue weighted by Gasteiger charge is -2.31. The number of aromatic nitrogens is 5. The summed E-state index contributed by atoms with van der Waals surface area (Å²) in [6.45, 7) is 7.84. The van der Waals surface area contributed by atoms with Crippen LogP contribution in [0.2, 0.25) is 0 Å². The summed E-state index contributed by atoms with van der Waals surface area (Å²) in [5.41, 5.74) is 7.76. The second kappa shape index (κ2) is 7.92. The van der Waals surface area contributed by atoms with Crippen molar-refractivity contribution in [3.63, 3.8) is 0 Å². The maximum Gasteiger partial charge on any atom is 0.227 e. The highest BCUT2D eigenvalue weighted by atomic mass is 16.1. The van der Waals surface area contributed by atoms with Gasteiger partial charge >= 0.3 is 0 Å². The Morgan fingerprint density at radius 3 is 2.57 bits per heavy atom. The molecule has 30 heavy (non-hydrogen) atoms. The molecule has 1 aliphatic carbocycles. The van der Waals surface area contributed by atoms with Crippen molar-refractivity contribution in [2.24, 2.45) is 5.73 Å². The number of para-hydroxylation sites is 1. The molecule has 1 unspecified atom stereocenters. The van der Waals surface area contributed by atoms with Gasteiger partial charge in [-0.15, -0.1) is 5.10 Å². The van der Waals surface area contributed by atoms with Gasteiger partial charge in [-0.2, -0.15) is 0 Å². The molecule has 2 heterocycles. The number of nitrogens with zero attached hydrogens (tertiary/aromatic N) is 5. The molecular formula is C22H31N7O. The Hall–Kier alpha value is -2.58. The van der Waals surface area contributed by atoms with Crippen LogP contribution in [0.3, 0.4) is 0 Å². The van der Waals surface area contributed by atoms with E-state index >= 15 is 0 Å². The highest BCUT2D eigenvalue weighted by Crippen LogP contribution is 2.33. The van der Waals surface area contributed by atoms with Gasteiger partial charge in [-0.1, -0.05) is 18.2 Å². The van der Waals surface area contributed by atoms with Gasteiger partial charge in [0.1, 0.15) is 0 Å². The molecule has 4 rings (SSSR count). The molecule has 0 amide bonds. The molecule has 0 radical (unpaired) electrons. The van der Waals surface area contributed by atoms with Crippen molar-refractivity contribution in [3.8, 4) is 0 Å². The van der Waals surface area contributed by atoms with E-state index in [1.54, 1.807) is 11.5 Å². The van der Waals surface area contributed by atoms with Crippen molar-refractivity contribution < 1.29 is 4.79 Å². The molecule has 1 fully saturated rings. The Morgan fingerprint density at radius 1 is 1.20 bits per heavy atom. The number of nitrogens with one attached hydrogen (secondary N) is 1. The maximum absolute atomic E-state index is 12.3. The third kappa shape index (κ3) is 3.89. The summed E-state index contributed by atoms with van der Waals surface area (Å²) in [6, 6.07) is 8.35. The first-order valence-corrected chi connectivity index (χ1v) is 10.7. The minimum atomic E-state index is -0.271. The van der Waals surface area contributed by atoms with Crippen LogP contribution in [0.1, 0.15) is 75.6 Å². The van der Waals surface area contributed by atoms with E-state index in [1.807, 2.05) is 29.1 Å². The normalized spacial score (nSPS) is 21.1. The van der Waals surface area contributed by atoms with Crippen LogP contribution in [-0.4, -0.2) is 42.8 Å². The summed E-state index contributed by atoms with van der Waals surface area (Å²) in [4.78, 5) is 12.3. The number of tetrazole rings is 1. The third-order valence-electron chi connectivity index (χ3n) is 5.95. The molecule has 8 heteroatoms. The second-order valence-electron chi connectivity index (χ2n) is 9.32. The van der Waals surface area contributed by atoms with E-state index < -0.39 is 0 Å². The zero-order chi connectivity index (χ0) is 21.5. The van der Waals surface area contributed by atoms with E-state index in [0.717, 1.165) is 48.0 Å². The number of benzene rings is 1. The molecule has 1 aromatic carbocycles. The van der Waals surface area contributed by atoms with Crippen LogP contribution < -0.4 is 11.1 Å². The van der Waals surface area contributed by atoms with Crippen LogP contribution in [0.25, 0.3) is 10.9 Å². The second-order valence-corrected chi connectivity index (χ2v) is 9.32. The Balaban J connectivity index is 1.84. The molecule has 3 N–H and O–H groups in total. The summed E-state index contributed by atoms with van der Waals surface area (Å²) >= 11 is 0. The van der Waals surface area contributed by atoms with Crippen molar-refractivity contribution in [3.05, 3.63) is 41.9 Å². The standard InChI is InChI=1S/C22H31N7O/c1-14(30)28-13-18(17-7-5-6-8-19(17)28)20(24-16-11-9-15(23)10-12-16)21-25-26-27-29(21)22(2,3)4/h5-8,13,15-16,20,24H,9-12,23H2,1-4H3. The molecule has 1 aliphatic rings. The average molecular weight is 410 g/mol. The molecule has 0 spiro atoms. The fourth-order valence-electron chi connectivity index (χ4n) is 4.37. The number of hydrogen-bond acceptors (Lipinski definition) is 6. The summed E-state index contributed by atoms with van der Waals surface area (Å²) < 4.78 is 3.58. The van der Waals surface area contributed by atoms with Gasteiger partial charge in [0.2, 0.25) is 5.91 Å². The molecule has 0 aliphatic heterocycles. The zero-order valence-electron chi connectivity index (χ0n) is 18.2. The topological polar surface area (TPSA) is 104 Å². The number of rotatable bonds is 4. The van der Waals surface area contributed by atoms with Crippen LogP contribution in [-0.2, 0) is 5.54 Å². The minimum Gasteiger partial charge on any atom is -0.328 e. The SMILES string of the molecule is CC(=O)n1cc(C(NC2CCC(N)CC2)c2nnnn2C(C)(C)C)c2ccccc21. The van der Waals surface area contributed by atoms with Gasteiger partial charge in [-0.25, -0.2) is 4.68 Å². The minimum absolute atomic E-state index is 0.0183. The van der Waals surface area contributed by atoms with Crippen molar-refractivity contribution >= 4 is 16.8 Å². The van der Waals surface area contributed by atoms with Gasteiger partial charge in [0.15, 0.2) is 5.82 Å². The van der Waals surface area contributed by atoms with Gasteiger partial charge in [0.05, 0.1) is 17.1 Å². The van der Waals surface area contributed by atoms with Gasteiger partial charge in [-0.3, -0.25) is 9.36 Å². The molecule has 160 valence electrons. The number of carbonyl (C=O) groups excluding carboxylic acids is 1. The van der Waals surface area contributed by atoms with Crippen LogP contribution in [0.15, 0.2) is 30.5 Å². The molecule has 1 saturated carbocycles. The first-order chi connectivity index (χ1) is 14.3.